The molecule has 0 bridgehead atoms. The number of hydrogen-bond donors (Lipinski definition) is 1. The van der Waals surface area contributed by atoms with Gasteiger partial charge in [-0.3, -0.25) is 9.59 Å². The number of carbonyl (C=O) groups excluding carboxylic acids is 2. The molecule has 8 heteroatoms. The van der Waals surface area contributed by atoms with Gasteiger partial charge < -0.3 is 19.5 Å². The van der Waals surface area contributed by atoms with Crippen molar-refractivity contribution in [2.75, 3.05) is 19.8 Å². The van der Waals surface area contributed by atoms with Gasteiger partial charge in [-0.05, 0) is 24.3 Å². The standard InChI is InChI=1S/C19H17Cl2NO5/c20-14-4-3-5-15(21)13(14)8-19(24)26-11-18(23)22-9-12-10-25-16-6-1-2-7-17(16)27-12/h1-7,12H,8-11H2,(H,22,23)/t12-/m1/s1. The average molecular weight is 410 g/mol. The summed E-state index contributed by atoms with van der Waals surface area (Å²) in [7, 11) is 0. The lowest BCUT2D eigenvalue weighted by molar-refractivity contribution is -0.148. The number of carbonyl (C=O) groups is 2. The summed E-state index contributed by atoms with van der Waals surface area (Å²) in [6.45, 7) is 0.161. The summed E-state index contributed by atoms with van der Waals surface area (Å²) >= 11 is 12.0. The number of ether oxygens (including phenoxy) is 3. The monoisotopic (exact) mass is 409 g/mol. The predicted molar refractivity (Wildman–Crippen MR) is 100 cm³/mol. The first-order chi connectivity index (χ1) is 13.0. The third-order valence-electron chi connectivity index (χ3n) is 3.84. The van der Waals surface area contributed by atoms with Crippen molar-refractivity contribution >= 4 is 35.1 Å². The number of hydrogen-bond acceptors (Lipinski definition) is 5. The molecule has 1 heterocycles. The molecule has 0 aliphatic carbocycles. The molecule has 2 aromatic carbocycles. The second-order valence-corrected chi connectivity index (χ2v) is 6.65. The molecule has 1 aliphatic heterocycles. The van der Waals surface area contributed by atoms with Crippen molar-refractivity contribution in [1.82, 2.24) is 5.32 Å². The minimum absolute atomic E-state index is 0.109. The van der Waals surface area contributed by atoms with Crippen LogP contribution in [0, 0.1) is 0 Å². The average Bonchev–Trinajstić information content (AvgIpc) is 2.67. The smallest absolute Gasteiger partial charge is 0.310 e. The van der Waals surface area contributed by atoms with Crippen molar-refractivity contribution in [3.63, 3.8) is 0 Å². The zero-order valence-corrected chi connectivity index (χ0v) is 15.8. The van der Waals surface area contributed by atoms with Crippen LogP contribution in [0.1, 0.15) is 5.56 Å². The normalized spacial score (nSPS) is 15.1. The summed E-state index contributed by atoms with van der Waals surface area (Å²) in [5.41, 5.74) is 0.470. The topological polar surface area (TPSA) is 73.9 Å². The van der Waals surface area contributed by atoms with Gasteiger partial charge >= 0.3 is 5.97 Å². The van der Waals surface area contributed by atoms with E-state index in [0.29, 0.717) is 33.7 Å². The Morgan fingerprint density at radius 1 is 1.07 bits per heavy atom. The van der Waals surface area contributed by atoms with Gasteiger partial charge in [0.25, 0.3) is 5.91 Å². The SMILES string of the molecule is O=C(COC(=O)Cc1c(Cl)cccc1Cl)NC[C@@H]1COc2ccccc2O1. The molecule has 0 saturated carbocycles. The summed E-state index contributed by atoms with van der Waals surface area (Å²) in [6.07, 6.45) is -0.427. The number of esters is 1. The number of para-hydroxylation sites is 2. The fraction of sp³-hybridized carbons (Fsp3) is 0.263. The van der Waals surface area contributed by atoms with Crippen LogP contribution in [-0.4, -0.2) is 37.7 Å². The van der Waals surface area contributed by atoms with Gasteiger partial charge in [0, 0.05) is 15.6 Å². The fourth-order valence-corrected chi connectivity index (χ4v) is 3.02. The molecule has 6 nitrogen and oxygen atoms in total. The molecule has 1 aliphatic rings. The van der Waals surface area contributed by atoms with E-state index in [-0.39, 0.29) is 19.1 Å². The van der Waals surface area contributed by atoms with Crippen molar-refractivity contribution in [3.8, 4) is 11.5 Å². The van der Waals surface area contributed by atoms with Crippen LogP contribution in [0.3, 0.4) is 0 Å². The lowest BCUT2D eigenvalue weighted by Crippen LogP contribution is -2.42. The molecule has 1 atom stereocenters. The highest BCUT2D eigenvalue weighted by Gasteiger charge is 2.21. The molecule has 0 fully saturated rings. The maximum Gasteiger partial charge on any atom is 0.310 e. The van der Waals surface area contributed by atoms with Gasteiger partial charge in [0.15, 0.2) is 18.1 Å². The minimum Gasteiger partial charge on any atom is -0.486 e. The number of benzene rings is 2. The van der Waals surface area contributed by atoms with E-state index in [1.807, 2.05) is 18.2 Å². The second kappa shape index (κ2) is 8.97. The highest BCUT2D eigenvalue weighted by molar-refractivity contribution is 6.36. The van der Waals surface area contributed by atoms with E-state index in [4.69, 9.17) is 37.4 Å². The van der Waals surface area contributed by atoms with Gasteiger partial charge in [0.1, 0.15) is 12.7 Å². The number of nitrogens with one attached hydrogen (secondary N) is 1. The van der Waals surface area contributed by atoms with Gasteiger partial charge in [0.05, 0.1) is 13.0 Å². The summed E-state index contributed by atoms with van der Waals surface area (Å²) in [5, 5.41) is 3.40. The third-order valence-corrected chi connectivity index (χ3v) is 4.55. The van der Waals surface area contributed by atoms with Crippen LogP contribution >= 0.6 is 23.2 Å². The molecule has 0 saturated heterocycles. The van der Waals surface area contributed by atoms with Gasteiger partial charge in [0.2, 0.25) is 0 Å². The molecule has 2 aromatic rings. The molecule has 0 unspecified atom stereocenters. The molecular weight excluding hydrogens is 393 g/mol. The molecule has 1 amide bonds. The van der Waals surface area contributed by atoms with Gasteiger partial charge in [-0.1, -0.05) is 41.4 Å². The largest absolute Gasteiger partial charge is 0.486 e. The zero-order valence-electron chi connectivity index (χ0n) is 14.2. The van der Waals surface area contributed by atoms with Crippen LogP contribution in [0.4, 0.5) is 0 Å². The van der Waals surface area contributed by atoms with Crippen molar-refractivity contribution in [1.29, 1.82) is 0 Å². The molecule has 0 aromatic heterocycles. The molecule has 0 radical (unpaired) electrons. The van der Waals surface area contributed by atoms with Crippen molar-refractivity contribution in [2.45, 2.75) is 12.5 Å². The molecular formula is C19H17Cl2NO5. The van der Waals surface area contributed by atoms with Crippen LogP contribution in [0.25, 0.3) is 0 Å². The van der Waals surface area contributed by atoms with Crippen molar-refractivity contribution in [2.24, 2.45) is 0 Å². The summed E-state index contributed by atoms with van der Waals surface area (Å²) in [6, 6.07) is 12.3. The van der Waals surface area contributed by atoms with Gasteiger partial charge in [-0.15, -0.1) is 0 Å². The Kier molecular flexibility index (Phi) is 6.42. The fourth-order valence-electron chi connectivity index (χ4n) is 2.48. The lowest BCUT2D eigenvalue weighted by Gasteiger charge is -2.26. The predicted octanol–water partition coefficient (Wildman–Crippen LogP) is 3.04. The molecule has 142 valence electrons. The van der Waals surface area contributed by atoms with E-state index < -0.39 is 18.5 Å². The number of amides is 1. The van der Waals surface area contributed by atoms with Gasteiger partial charge in [-0.2, -0.15) is 0 Å². The number of fused-ring (bicyclic) bond motifs is 1. The first-order valence-corrected chi connectivity index (χ1v) is 9.02. The first kappa shape index (κ1) is 19.3. The quantitative estimate of drug-likeness (QED) is 0.742. The molecule has 1 N–H and O–H groups in total. The van der Waals surface area contributed by atoms with Crippen LogP contribution in [0.5, 0.6) is 11.5 Å². The Balaban J connectivity index is 1.40. The Morgan fingerprint density at radius 2 is 1.78 bits per heavy atom. The molecule has 27 heavy (non-hydrogen) atoms. The van der Waals surface area contributed by atoms with E-state index in [1.54, 1.807) is 24.3 Å². The van der Waals surface area contributed by atoms with Crippen LogP contribution in [-0.2, 0) is 20.7 Å². The maximum atomic E-state index is 11.9. The highest BCUT2D eigenvalue weighted by atomic mass is 35.5. The van der Waals surface area contributed by atoms with Crippen molar-refractivity contribution in [3.05, 3.63) is 58.1 Å². The third kappa shape index (κ3) is 5.28. The van der Waals surface area contributed by atoms with E-state index >= 15 is 0 Å². The van der Waals surface area contributed by atoms with Gasteiger partial charge in [-0.25, -0.2) is 0 Å². The lowest BCUT2D eigenvalue weighted by atomic mass is 10.1. The summed E-state index contributed by atoms with van der Waals surface area (Å²) in [5.74, 6) is 0.278. The van der Waals surface area contributed by atoms with Crippen LogP contribution in [0.15, 0.2) is 42.5 Å². The second-order valence-electron chi connectivity index (χ2n) is 5.84. The summed E-state index contributed by atoms with van der Waals surface area (Å²) < 4.78 is 16.3. The van der Waals surface area contributed by atoms with Crippen molar-refractivity contribution < 1.29 is 23.8 Å². The van der Waals surface area contributed by atoms with Crippen LogP contribution in [0.2, 0.25) is 10.0 Å². The maximum absolute atomic E-state index is 11.9. The highest BCUT2D eigenvalue weighted by Crippen LogP contribution is 2.30. The van der Waals surface area contributed by atoms with Crippen LogP contribution < -0.4 is 14.8 Å². The molecule has 0 spiro atoms. The number of rotatable bonds is 6. The van der Waals surface area contributed by atoms with E-state index in [0.717, 1.165) is 0 Å². The Morgan fingerprint density at radius 3 is 2.52 bits per heavy atom. The van der Waals surface area contributed by atoms with E-state index in [1.165, 1.54) is 0 Å². The Hall–Kier alpha value is -2.44. The Labute approximate surface area is 166 Å². The molecule has 3 rings (SSSR count). The Bertz CT molecular complexity index is 822. The minimum atomic E-state index is -0.591. The first-order valence-electron chi connectivity index (χ1n) is 8.26. The number of halogens is 2. The van der Waals surface area contributed by atoms with E-state index in [9.17, 15) is 9.59 Å². The zero-order chi connectivity index (χ0) is 19.2. The summed E-state index contributed by atoms with van der Waals surface area (Å²) in [4.78, 5) is 23.8. The van der Waals surface area contributed by atoms with E-state index in [2.05, 4.69) is 5.32 Å².